The van der Waals surface area contributed by atoms with Gasteiger partial charge in [-0.2, -0.15) is 5.10 Å². The molecule has 222 valence electrons. The van der Waals surface area contributed by atoms with Crippen LogP contribution in [0.2, 0.25) is 5.02 Å². The Hall–Kier alpha value is -3.84. The summed E-state index contributed by atoms with van der Waals surface area (Å²) < 4.78 is 17.7. The fraction of sp³-hybridized carbons (Fsp3) is 0.267. The molecule has 3 aromatic rings. The van der Waals surface area contributed by atoms with Gasteiger partial charge in [0.1, 0.15) is 5.75 Å². The molecule has 0 saturated heterocycles. The molecule has 12 heteroatoms. The summed E-state index contributed by atoms with van der Waals surface area (Å²) in [6, 6.07) is 15.4. The lowest BCUT2D eigenvalue weighted by Crippen LogP contribution is -2.32. The van der Waals surface area contributed by atoms with Crippen LogP contribution in [0.15, 0.2) is 59.7 Å². The van der Waals surface area contributed by atoms with Crippen LogP contribution in [0, 0.1) is 10.5 Å². The predicted octanol–water partition coefficient (Wildman–Crippen LogP) is 5.94. The number of nitrogens with zero attached hydrogens (tertiary/aromatic N) is 1. The second-order valence-electron chi connectivity index (χ2n) is 8.94. The van der Waals surface area contributed by atoms with Crippen molar-refractivity contribution >= 4 is 69.5 Å². The maximum atomic E-state index is 12.5. The van der Waals surface area contributed by atoms with E-state index in [1.807, 2.05) is 19.9 Å². The van der Waals surface area contributed by atoms with Gasteiger partial charge in [0.15, 0.2) is 18.1 Å². The average Bonchev–Trinajstić information content (AvgIpc) is 2.95. The number of benzene rings is 3. The number of anilines is 2. The Morgan fingerprint density at radius 1 is 0.952 bits per heavy atom. The van der Waals surface area contributed by atoms with Gasteiger partial charge in [0.2, 0.25) is 0 Å². The Labute approximate surface area is 263 Å². The molecule has 0 unspecified atom stereocenters. The van der Waals surface area contributed by atoms with Gasteiger partial charge in [-0.1, -0.05) is 31.0 Å². The highest BCUT2D eigenvalue weighted by Gasteiger charge is 2.16. The third-order valence-corrected chi connectivity index (χ3v) is 6.65. The summed E-state index contributed by atoms with van der Waals surface area (Å²) in [6.45, 7) is 6.47. The molecule has 0 aliphatic carbocycles. The van der Waals surface area contributed by atoms with Crippen LogP contribution in [-0.4, -0.2) is 43.8 Å². The molecule has 0 spiro atoms. The number of hydrogen-bond acceptors (Lipinski definition) is 7. The van der Waals surface area contributed by atoms with E-state index < -0.39 is 11.8 Å². The molecule has 0 atom stereocenters. The Bertz CT molecular complexity index is 1430. The number of amides is 3. The quantitative estimate of drug-likeness (QED) is 0.0665. The first-order valence-corrected chi connectivity index (χ1v) is 14.7. The summed E-state index contributed by atoms with van der Waals surface area (Å²) in [7, 11) is 0. The maximum Gasteiger partial charge on any atom is 0.329 e. The highest BCUT2D eigenvalue weighted by Crippen LogP contribution is 2.34. The monoisotopic (exact) mass is 706 g/mol. The van der Waals surface area contributed by atoms with Crippen LogP contribution in [-0.2, 0) is 14.4 Å². The van der Waals surface area contributed by atoms with E-state index in [9.17, 15) is 14.4 Å². The number of carbonyl (C=O) groups excluding carboxylic acids is 3. The zero-order chi connectivity index (χ0) is 30.5. The first-order chi connectivity index (χ1) is 20.2. The largest absolute Gasteiger partial charge is 0.494 e. The minimum atomic E-state index is -0.935. The average molecular weight is 707 g/mol. The van der Waals surface area contributed by atoms with Gasteiger partial charge in [-0.25, -0.2) is 5.43 Å². The first kappa shape index (κ1) is 32.7. The molecule has 0 bridgehead atoms. The summed E-state index contributed by atoms with van der Waals surface area (Å²) in [5.41, 5.74) is 4.71. The molecule has 0 fully saturated rings. The summed E-state index contributed by atoms with van der Waals surface area (Å²) in [5, 5.41) is 9.70. The second kappa shape index (κ2) is 16.6. The lowest BCUT2D eigenvalue weighted by molar-refractivity contribution is -0.136. The number of hydrazone groups is 1. The molecular formula is C30H32ClIN4O6. The van der Waals surface area contributed by atoms with Crippen molar-refractivity contribution in [2.45, 2.75) is 33.6 Å². The lowest BCUT2D eigenvalue weighted by atomic mass is 10.2. The smallest absolute Gasteiger partial charge is 0.329 e. The molecule has 0 aliphatic rings. The van der Waals surface area contributed by atoms with Crippen molar-refractivity contribution in [3.63, 3.8) is 0 Å². The molecular weight excluding hydrogens is 675 g/mol. The van der Waals surface area contributed by atoms with Crippen molar-refractivity contribution < 1.29 is 28.6 Å². The van der Waals surface area contributed by atoms with E-state index in [2.05, 4.69) is 50.7 Å². The molecule has 0 aromatic heterocycles. The predicted molar refractivity (Wildman–Crippen MR) is 172 cm³/mol. The first-order valence-electron chi connectivity index (χ1n) is 13.2. The maximum absolute atomic E-state index is 12.5. The molecule has 10 nitrogen and oxygen atoms in total. The number of rotatable bonds is 13. The highest BCUT2D eigenvalue weighted by atomic mass is 127. The fourth-order valence-electron chi connectivity index (χ4n) is 3.49. The van der Waals surface area contributed by atoms with Gasteiger partial charge in [-0.05, 0) is 103 Å². The number of carbonyl (C=O) groups is 3. The van der Waals surface area contributed by atoms with Crippen molar-refractivity contribution in [3.05, 3.63) is 74.3 Å². The van der Waals surface area contributed by atoms with E-state index in [0.717, 1.165) is 18.4 Å². The Balaban J connectivity index is 1.57. The minimum Gasteiger partial charge on any atom is -0.494 e. The van der Waals surface area contributed by atoms with Crippen LogP contribution in [0.1, 0.15) is 37.8 Å². The topological polar surface area (TPSA) is 127 Å². The number of ether oxygens (including phenoxy) is 3. The molecule has 3 amide bonds. The van der Waals surface area contributed by atoms with E-state index in [1.54, 1.807) is 48.5 Å². The molecule has 0 aliphatic heterocycles. The van der Waals surface area contributed by atoms with Crippen LogP contribution in [0.4, 0.5) is 11.4 Å². The van der Waals surface area contributed by atoms with Crippen molar-refractivity contribution in [1.82, 2.24) is 5.43 Å². The van der Waals surface area contributed by atoms with Crippen LogP contribution in [0.25, 0.3) is 0 Å². The molecule has 3 N–H and O–H groups in total. The fourth-order valence-corrected chi connectivity index (χ4v) is 4.44. The summed E-state index contributed by atoms with van der Waals surface area (Å²) in [5.74, 6) is -0.701. The molecule has 0 radical (unpaired) electrons. The van der Waals surface area contributed by atoms with Crippen molar-refractivity contribution in [2.24, 2.45) is 5.10 Å². The van der Waals surface area contributed by atoms with Gasteiger partial charge in [-0.15, -0.1) is 0 Å². The molecule has 3 rings (SSSR count). The van der Waals surface area contributed by atoms with Gasteiger partial charge in [0.05, 0.1) is 23.0 Å². The minimum absolute atomic E-state index is 0.255. The normalized spacial score (nSPS) is 10.7. The Kier molecular flexibility index (Phi) is 12.9. The van der Waals surface area contributed by atoms with Gasteiger partial charge < -0.3 is 24.8 Å². The number of aryl methyl sites for hydroxylation is 1. The van der Waals surface area contributed by atoms with E-state index >= 15 is 0 Å². The molecule has 42 heavy (non-hydrogen) atoms. The highest BCUT2D eigenvalue weighted by molar-refractivity contribution is 14.1. The zero-order valence-electron chi connectivity index (χ0n) is 23.5. The van der Waals surface area contributed by atoms with Crippen LogP contribution < -0.4 is 30.3 Å². The van der Waals surface area contributed by atoms with Crippen molar-refractivity contribution in [1.29, 1.82) is 0 Å². The van der Waals surface area contributed by atoms with E-state index in [0.29, 0.717) is 56.0 Å². The van der Waals surface area contributed by atoms with Gasteiger partial charge in [0, 0.05) is 16.4 Å². The molecule has 3 aromatic carbocycles. The summed E-state index contributed by atoms with van der Waals surface area (Å²) >= 11 is 8.08. The zero-order valence-corrected chi connectivity index (χ0v) is 26.4. The standard InChI is InChI=1S/C30H32ClIN4O6/c1-4-6-13-41-23-11-9-22(10-12-23)34-29(38)30(39)36-33-17-20-14-24(32)28(26(15-20)40-5-2)42-18-27(37)35-25-16-21(31)8-7-19(25)3/h7-12,14-17H,4-6,13,18H2,1-3H3,(H,34,38)(H,35,37)(H,36,39)/b33-17-. The van der Waals surface area contributed by atoms with E-state index in [1.165, 1.54) is 6.21 Å². The third-order valence-electron chi connectivity index (χ3n) is 5.62. The Morgan fingerprint density at radius 2 is 1.71 bits per heavy atom. The van der Waals surface area contributed by atoms with Gasteiger partial charge in [-0.3, -0.25) is 14.4 Å². The van der Waals surface area contributed by atoms with Crippen LogP contribution in [0.5, 0.6) is 17.2 Å². The summed E-state index contributed by atoms with van der Waals surface area (Å²) in [4.78, 5) is 37.0. The molecule has 0 heterocycles. The Morgan fingerprint density at radius 3 is 2.43 bits per heavy atom. The van der Waals surface area contributed by atoms with E-state index in [4.69, 9.17) is 25.8 Å². The number of nitrogens with one attached hydrogen (secondary N) is 3. The second-order valence-corrected chi connectivity index (χ2v) is 10.5. The van der Waals surface area contributed by atoms with Crippen LogP contribution >= 0.6 is 34.2 Å². The SMILES string of the molecule is CCCCOc1ccc(NC(=O)C(=O)N/N=C\c2cc(I)c(OCC(=O)Nc3cc(Cl)ccc3C)c(OCC)c2)cc1. The summed E-state index contributed by atoms with van der Waals surface area (Å²) in [6.07, 6.45) is 3.36. The van der Waals surface area contributed by atoms with Crippen molar-refractivity contribution in [2.75, 3.05) is 30.5 Å². The lowest BCUT2D eigenvalue weighted by Gasteiger charge is -2.15. The number of halogens is 2. The number of unbranched alkanes of at least 4 members (excludes halogenated alkanes) is 1. The molecule has 0 saturated carbocycles. The van der Waals surface area contributed by atoms with E-state index in [-0.39, 0.29) is 12.5 Å². The van der Waals surface area contributed by atoms with Crippen molar-refractivity contribution in [3.8, 4) is 17.2 Å². The number of hydrogen-bond donors (Lipinski definition) is 3. The van der Waals surface area contributed by atoms with Gasteiger partial charge >= 0.3 is 11.8 Å². The van der Waals surface area contributed by atoms with Gasteiger partial charge in [0.25, 0.3) is 5.91 Å². The van der Waals surface area contributed by atoms with Crippen LogP contribution in [0.3, 0.4) is 0 Å². The third kappa shape index (κ3) is 10.2.